The van der Waals surface area contributed by atoms with E-state index >= 15 is 0 Å². The van der Waals surface area contributed by atoms with Gasteiger partial charge in [-0.05, 0) is 89.0 Å². The lowest BCUT2D eigenvalue weighted by molar-refractivity contribution is 1.10. The first-order chi connectivity index (χ1) is 33.6. The molecule has 9 aromatic carbocycles. The monoisotopic (exact) mass is 865 g/mol. The molecule has 68 heavy (non-hydrogen) atoms. The van der Waals surface area contributed by atoms with E-state index in [1.807, 2.05) is 127 Å². The molecule has 7 heteroatoms. The molecule has 0 atom stereocenters. The maximum absolute atomic E-state index is 11.1. The molecule has 12 rings (SSSR count). The minimum Gasteiger partial charge on any atom is -0.308 e. The minimum atomic E-state index is 0.456. The molecule has 3 heterocycles. The van der Waals surface area contributed by atoms with Gasteiger partial charge in [0, 0.05) is 32.7 Å². The molecular formula is C61H35N7. The van der Waals surface area contributed by atoms with Gasteiger partial charge in [-0.1, -0.05) is 146 Å². The first-order valence-electron chi connectivity index (χ1n) is 22.2. The number of para-hydroxylation sites is 2. The Morgan fingerprint density at radius 1 is 0.338 bits per heavy atom. The number of hydrogen-bond acceptors (Lipinski definition) is 5. The zero-order valence-corrected chi connectivity index (χ0v) is 36.3. The van der Waals surface area contributed by atoms with Crippen molar-refractivity contribution in [1.29, 1.82) is 15.8 Å². The molecule has 0 fully saturated rings. The Morgan fingerprint density at radius 3 is 1.21 bits per heavy atom. The summed E-state index contributed by atoms with van der Waals surface area (Å²) in [5, 5.41) is 35.3. The average Bonchev–Trinajstić information content (AvgIpc) is 3.92. The summed E-state index contributed by atoms with van der Waals surface area (Å²) in [6.45, 7) is 0. The number of fused-ring (bicyclic) bond motifs is 6. The van der Waals surface area contributed by atoms with Gasteiger partial charge in [0.1, 0.15) is 0 Å². The first-order valence-corrected chi connectivity index (χ1v) is 22.2. The fraction of sp³-hybridized carbons (Fsp3) is 0. The van der Waals surface area contributed by atoms with Gasteiger partial charge in [-0.15, -0.1) is 0 Å². The zero-order chi connectivity index (χ0) is 45.7. The van der Waals surface area contributed by atoms with Gasteiger partial charge >= 0.3 is 0 Å². The van der Waals surface area contributed by atoms with Crippen molar-refractivity contribution in [3.8, 4) is 85.7 Å². The first kappa shape index (κ1) is 39.7. The third-order valence-corrected chi connectivity index (χ3v) is 12.9. The van der Waals surface area contributed by atoms with Crippen LogP contribution in [0, 0.1) is 34.0 Å². The summed E-state index contributed by atoms with van der Waals surface area (Å²) in [6.07, 6.45) is 0. The van der Waals surface area contributed by atoms with Crippen LogP contribution < -0.4 is 0 Å². The lowest BCUT2D eigenvalue weighted by Crippen LogP contribution is -2.07. The van der Waals surface area contributed by atoms with Crippen LogP contribution in [0.25, 0.3) is 111 Å². The van der Waals surface area contributed by atoms with E-state index in [0.717, 1.165) is 105 Å². The smallest absolute Gasteiger partial charge is 0.164 e. The van der Waals surface area contributed by atoms with E-state index in [4.69, 9.17) is 9.97 Å². The number of aromatic nitrogens is 4. The Kier molecular flexibility index (Phi) is 9.51. The van der Waals surface area contributed by atoms with E-state index < -0.39 is 0 Å². The molecule has 0 amide bonds. The summed E-state index contributed by atoms with van der Waals surface area (Å²) in [5.41, 5.74) is 14.5. The second-order valence-electron chi connectivity index (χ2n) is 16.7. The second kappa shape index (κ2) is 16.3. The molecule has 12 aromatic rings. The van der Waals surface area contributed by atoms with E-state index in [2.05, 4.69) is 112 Å². The highest BCUT2D eigenvalue weighted by Gasteiger charge is 2.26. The van der Waals surface area contributed by atoms with Crippen molar-refractivity contribution < 1.29 is 0 Å². The number of nitriles is 3. The molecule has 0 aliphatic heterocycles. The van der Waals surface area contributed by atoms with Gasteiger partial charge in [0.15, 0.2) is 5.82 Å². The zero-order valence-electron chi connectivity index (χ0n) is 36.3. The topological polar surface area (TPSA) is 107 Å². The minimum absolute atomic E-state index is 0.456. The van der Waals surface area contributed by atoms with Gasteiger partial charge in [0.05, 0.1) is 85.3 Å². The van der Waals surface area contributed by atoms with Crippen LogP contribution in [0.15, 0.2) is 212 Å². The molecule has 0 spiro atoms. The Hall–Kier alpha value is -9.87. The average molecular weight is 866 g/mol. The highest BCUT2D eigenvalue weighted by molar-refractivity contribution is 6.13. The van der Waals surface area contributed by atoms with Crippen LogP contribution in [0.2, 0.25) is 0 Å². The molecule has 314 valence electrons. The van der Waals surface area contributed by atoms with Crippen molar-refractivity contribution >= 4 is 43.6 Å². The Balaban J connectivity index is 1.23. The van der Waals surface area contributed by atoms with Gasteiger partial charge in [0.25, 0.3) is 0 Å². The van der Waals surface area contributed by atoms with E-state index in [1.54, 1.807) is 0 Å². The molecule has 0 bridgehead atoms. The fourth-order valence-electron chi connectivity index (χ4n) is 9.80. The van der Waals surface area contributed by atoms with Crippen molar-refractivity contribution in [3.05, 3.63) is 229 Å². The molecule has 0 aliphatic carbocycles. The van der Waals surface area contributed by atoms with Crippen LogP contribution >= 0.6 is 0 Å². The summed E-state index contributed by atoms with van der Waals surface area (Å²) in [7, 11) is 0. The molecule has 7 nitrogen and oxygen atoms in total. The molecule has 0 unspecified atom stereocenters. The van der Waals surface area contributed by atoms with Gasteiger partial charge in [-0.25, -0.2) is 9.97 Å². The van der Waals surface area contributed by atoms with Crippen molar-refractivity contribution in [2.75, 3.05) is 0 Å². The summed E-state index contributed by atoms with van der Waals surface area (Å²) in [5.74, 6) is 0.482. The summed E-state index contributed by atoms with van der Waals surface area (Å²) >= 11 is 0. The van der Waals surface area contributed by atoms with Crippen molar-refractivity contribution in [3.63, 3.8) is 0 Å². The normalized spacial score (nSPS) is 11.2. The molecule has 0 aliphatic rings. The third kappa shape index (κ3) is 6.49. The van der Waals surface area contributed by atoms with Crippen LogP contribution in [0.3, 0.4) is 0 Å². The van der Waals surface area contributed by atoms with E-state index in [1.165, 1.54) is 0 Å². The number of nitrogens with zero attached hydrogens (tertiary/aromatic N) is 7. The highest BCUT2D eigenvalue weighted by atomic mass is 15.0. The second-order valence-corrected chi connectivity index (χ2v) is 16.7. The van der Waals surface area contributed by atoms with Crippen molar-refractivity contribution in [2.24, 2.45) is 0 Å². The predicted molar refractivity (Wildman–Crippen MR) is 272 cm³/mol. The van der Waals surface area contributed by atoms with E-state index in [0.29, 0.717) is 22.5 Å². The Morgan fingerprint density at radius 2 is 0.750 bits per heavy atom. The maximum Gasteiger partial charge on any atom is 0.164 e. The largest absolute Gasteiger partial charge is 0.308 e. The lowest BCUT2D eigenvalue weighted by Gasteiger charge is -2.21. The van der Waals surface area contributed by atoms with Crippen molar-refractivity contribution in [2.45, 2.75) is 0 Å². The molecule has 0 N–H and O–H groups in total. The van der Waals surface area contributed by atoms with E-state index in [-0.39, 0.29) is 0 Å². The SMILES string of the molecule is N#Cc1cc(-n2c3ccccc3c3cc(-c4ccccc4C#N)ccc32)c(-c2nc(-c3ccccc3)cc(-c3ccccc3)n2)c(-n2c3ccccc3c3cc(-c4ccccc4C#N)ccc32)c1. The Bertz CT molecular complexity index is 3870. The highest BCUT2D eigenvalue weighted by Crippen LogP contribution is 2.44. The van der Waals surface area contributed by atoms with Crippen molar-refractivity contribution in [1.82, 2.24) is 19.1 Å². The quantitative estimate of drug-likeness (QED) is 0.159. The van der Waals surface area contributed by atoms with Crippen LogP contribution in [0.4, 0.5) is 0 Å². The third-order valence-electron chi connectivity index (χ3n) is 12.9. The van der Waals surface area contributed by atoms with Crippen LogP contribution in [0.5, 0.6) is 0 Å². The number of benzene rings is 9. The van der Waals surface area contributed by atoms with Crippen LogP contribution in [-0.4, -0.2) is 19.1 Å². The molecule has 0 radical (unpaired) electrons. The molecule has 0 saturated carbocycles. The standard InChI is InChI=1S/C61H35N7/c62-36-39-31-58(67-54-25-13-11-23-48(54)50-33-42(27-29-56(50)67)46-21-9-7-19-44(46)37-63)60(61-65-52(40-15-3-1-4-16-40)35-53(66-61)41-17-5-2-6-18-41)59(32-39)68-55-26-14-12-24-49(55)51-34-43(28-30-57(51)68)47-22-10-8-20-45(47)38-64/h1-35H. The summed E-state index contributed by atoms with van der Waals surface area (Å²) < 4.78 is 4.46. The molecular weight excluding hydrogens is 831 g/mol. The molecule has 0 saturated heterocycles. The van der Waals surface area contributed by atoms with Gasteiger partial charge in [-0.2, -0.15) is 15.8 Å². The maximum atomic E-state index is 11.1. The number of rotatable bonds is 7. The van der Waals surface area contributed by atoms with E-state index in [9.17, 15) is 15.8 Å². The number of hydrogen-bond donors (Lipinski definition) is 0. The lowest BCUT2D eigenvalue weighted by atomic mass is 9.98. The summed E-state index contributed by atoms with van der Waals surface area (Å²) in [4.78, 5) is 11.0. The predicted octanol–water partition coefficient (Wildman–Crippen LogP) is 14.6. The van der Waals surface area contributed by atoms with Crippen LogP contribution in [0.1, 0.15) is 16.7 Å². The Labute approximate surface area is 391 Å². The molecule has 3 aromatic heterocycles. The summed E-state index contributed by atoms with van der Waals surface area (Å²) in [6, 6.07) is 78.2. The fourth-order valence-corrected chi connectivity index (χ4v) is 9.80. The van der Waals surface area contributed by atoms with Gasteiger partial charge in [-0.3, -0.25) is 0 Å². The van der Waals surface area contributed by atoms with Crippen LogP contribution in [-0.2, 0) is 0 Å². The van der Waals surface area contributed by atoms with Gasteiger partial charge < -0.3 is 9.13 Å². The van der Waals surface area contributed by atoms with Gasteiger partial charge in [0.2, 0.25) is 0 Å².